The monoisotopic (exact) mass is 289 g/mol. The van der Waals surface area contributed by atoms with Gasteiger partial charge in [0.15, 0.2) is 0 Å². The lowest BCUT2D eigenvalue weighted by molar-refractivity contribution is 0.351. The van der Waals surface area contributed by atoms with Crippen molar-refractivity contribution in [2.75, 3.05) is 26.2 Å². The smallest absolute Gasteiger partial charge is 0.279 e. The summed E-state index contributed by atoms with van der Waals surface area (Å²) >= 11 is 0. The van der Waals surface area contributed by atoms with Crippen molar-refractivity contribution in [2.45, 2.75) is 45.6 Å². The zero-order valence-corrected chi connectivity index (χ0v) is 12.9. The van der Waals surface area contributed by atoms with Crippen LogP contribution in [0.3, 0.4) is 0 Å². The Balaban J connectivity index is 1.93. The normalized spacial score (nSPS) is 24.5. The molecular weight excluding hydrogens is 262 g/mol. The Morgan fingerprint density at radius 3 is 2.53 bits per heavy atom. The predicted molar refractivity (Wildman–Crippen MR) is 77.1 cm³/mol. The molecule has 19 heavy (non-hydrogen) atoms. The number of hydrogen-bond donors (Lipinski definition) is 2. The molecule has 1 atom stereocenters. The van der Waals surface area contributed by atoms with Crippen molar-refractivity contribution >= 4 is 10.2 Å². The van der Waals surface area contributed by atoms with Gasteiger partial charge in [-0.1, -0.05) is 13.8 Å². The van der Waals surface area contributed by atoms with Crippen LogP contribution in [0.1, 0.15) is 39.5 Å². The molecule has 0 aromatic rings. The van der Waals surface area contributed by atoms with Crippen LogP contribution in [0.2, 0.25) is 0 Å². The van der Waals surface area contributed by atoms with Gasteiger partial charge in [-0.2, -0.15) is 12.7 Å². The third kappa shape index (κ3) is 5.02. The van der Waals surface area contributed by atoms with Crippen LogP contribution in [0.15, 0.2) is 0 Å². The van der Waals surface area contributed by atoms with Crippen LogP contribution in [0.5, 0.6) is 0 Å². The van der Waals surface area contributed by atoms with E-state index in [9.17, 15) is 8.42 Å². The second kappa shape index (κ2) is 6.52. The molecule has 5 nitrogen and oxygen atoms in total. The lowest BCUT2D eigenvalue weighted by Crippen LogP contribution is -2.47. The van der Waals surface area contributed by atoms with Crippen molar-refractivity contribution < 1.29 is 8.42 Å². The summed E-state index contributed by atoms with van der Waals surface area (Å²) in [5.41, 5.74) is 0. The van der Waals surface area contributed by atoms with E-state index in [1.54, 1.807) is 4.31 Å². The maximum absolute atomic E-state index is 12.4. The van der Waals surface area contributed by atoms with Gasteiger partial charge in [0.1, 0.15) is 0 Å². The molecule has 112 valence electrons. The topological polar surface area (TPSA) is 61.4 Å². The summed E-state index contributed by atoms with van der Waals surface area (Å²) in [6, 6.07) is 0.328. The van der Waals surface area contributed by atoms with E-state index in [4.69, 9.17) is 0 Å². The summed E-state index contributed by atoms with van der Waals surface area (Å²) in [5, 5.41) is 3.38. The van der Waals surface area contributed by atoms with Crippen LogP contribution in [0.4, 0.5) is 0 Å². The Morgan fingerprint density at radius 2 is 2.00 bits per heavy atom. The maximum Gasteiger partial charge on any atom is 0.279 e. The van der Waals surface area contributed by atoms with E-state index in [0.29, 0.717) is 37.5 Å². The fraction of sp³-hybridized carbons (Fsp3) is 1.00. The molecule has 1 unspecified atom stereocenters. The Hall–Kier alpha value is -0.170. The van der Waals surface area contributed by atoms with E-state index < -0.39 is 10.2 Å². The van der Waals surface area contributed by atoms with Gasteiger partial charge in [-0.05, 0) is 44.1 Å². The third-order valence-electron chi connectivity index (χ3n) is 3.76. The molecule has 1 saturated carbocycles. The average molecular weight is 289 g/mol. The molecular formula is C13H27N3O2S. The molecule has 2 rings (SSSR count). The molecule has 2 N–H and O–H groups in total. The molecule has 6 heteroatoms. The first-order chi connectivity index (χ1) is 8.97. The van der Waals surface area contributed by atoms with Gasteiger partial charge in [0.2, 0.25) is 0 Å². The number of rotatable bonds is 8. The van der Waals surface area contributed by atoms with Gasteiger partial charge >= 0.3 is 0 Å². The van der Waals surface area contributed by atoms with Crippen LogP contribution in [0, 0.1) is 11.8 Å². The molecule has 0 bridgehead atoms. The molecule has 1 heterocycles. The summed E-state index contributed by atoms with van der Waals surface area (Å²) < 4.78 is 29.1. The quantitative estimate of drug-likeness (QED) is 0.699. The number of nitrogens with zero attached hydrogens (tertiary/aromatic N) is 1. The SMILES string of the molecule is CC(C)CNS(=O)(=O)N(CC1CC1)CC1CCCN1. The van der Waals surface area contributed by atoms with E-state index in [1.807, 2.05) is 13.8 Å². The molecule has 1 aliphatic carbocycles. The molecule has 0 aromatic carbocycles. The summed E-state index contributed by atoms with van der Waals surface area (Å²) in [6.07, 6.45) is 4.59. The first kappa shape index (κ1) is 15.2. The van der Waals surface area contributed by atoms with Crippen LogP contribution in [0.25, 0.3) is 0 Å². The lowest BCUT2D eigenvalue weighted by atomic mass is 10.2. The van der Waals surface area contributed by atoms with Gasteiger partial charge in [0.25, 0.3) is 10.2 Å². The first-order valence-electron chi connectivity index (χ1n) is 7.45. The highest BCUT2D eigenvalue weighted by atomic mass is 32.2. The molecule has 2 fully saturated rings. The summed E-state index contributed by atoms with van der Waals surface area (Å²) in [5.74, 6) is 0.916. The van der Waals surface area contributed by atoms with Gasteiger partial charge in [-0.3, -0.25) is 0 Å². The minimum Gasteiger partial charge on any atom is -0.313 e. The Kier molecular flexibility index (Phi) is 5.22. The predicted octanol–water partition coefficient (Wildman–Crippen LogP) is 0.941. The molecule has 0 amide bonds. The van der Waals surface area contributed by atoms with Crippen molar-refractivity contribution in [2.24, 2.45) is 11.8 Å². The van der Waals surface area contributed by atoms with Crippen LogP contribution in [-0.2, 0) is 10.2 Å². The lowest BCUT2D eigenvalue weighted by Gasteiger charge is -2.25. The minimum absolute atomic E-state index is 0.328. The molecule has 0 radical (unpaired) electrons. The van der Waals surface area contributed by atoms with Crippen molar-refractivity contribution in [1.82, 2.24) is 14.3 Å². The molecule has 1 saturated heterocycles. The summed E-state index contributed by atoms with van der Waals surface area (Å²) in [6.45, 7) is 6.87. The van der Waals surface area contributed by atoms with E-state index in [1.165, 1.54) is 12.8 Å². The van der Waals surface area contributed by atoms with Crippen LogP contribution < -0.4 is 10.0 Å². The fourth-order valence-corrected chi connectivity index (χ4v) is 3.89. The first-order valence-corrected chi connectivity index (χ1v) is 8.89. The standard InChI is InChI=1S/C13H27N3O2S/c1-11(2)8-15-19(17,18)16(9-12-5-6-12)10-13-4-3-7-14-13/h11-15H,3-10H2,1-2H3. The van der Waals surface area contributed by atoms with Gasteiger partial charge < -0.3 is 5.32 Å². The highest BCUT2D eigenvalue weighted by Crippen LogP contribution is 2.30. The summed E-state index contributed by atoms with van der Waals surface area (Å²) in [7, 11) is -3.32. The Bertz CT molecular complexity index is 373. The number of nitrogens with one attached hydrogen (secondary N) is 2. The van der Waals surface area contributed by atoms with Gasteiger partial charge in [0.05, 0.1) is 0 Å². The van der Waals surface area contributed by atoms with Crippen molar-refractivity contribution in [3.63, 3.8) is 0 Å². The molecule has 2 aliphatic rings. The van der Waals surface area contributed by atoms with E-state index in [-0.39, 0.29) is 0 Å². The fourth-order valence-electron chi connectivity index (χ4n) is 2.38. The largest absolute Gasteiger partial charge is 0.313 e. The van der Waals surface area contributed by atoms with E-state index in [0.717, 1.165) is 19.4 Å². The molecule has 0 aromatic heterocycles. The van der Waals surface area contributed by atoms with Gasteiger partial charge in [-0.25, -0.2) is 4.72 Å². The second-order valence-corrected chi connectivity index (χ2v) is 8.06. The van der Waals surface area contributed by atoms with Crippen molar-refractivity contribution in [3.05, 3.63) is 0 Å². The highest BCUT2D eigenvalue weighted by Gasteiger charge is 2.32. The second-order valence-electron chi connectivity index (χ2n) is 6.30. The zero-order chi connectivity index (χ0) is 13.9. The number of hydrogen-bond acceptors (Lipinski definition) is 3. The summed E-state index contributed by atoms with van der Waals surface area (Å²) in [4.78, 5) is 0. The zero-order valence-electron chi connectivity index (χ0n) is 12.1. The maximum atomic E-state index is 12.4. The average Bonchev–Trinajstić information content (AvgIpc) is 3.00. The van der Waals surface area contributed by atoms with Crippen LogP contribution >= 0.6 is 0 Å². The van der Waals surface area contributed by atoms with Crippen molar-refractivity contribution in [1.29, 1.82) is 0 Å². The minimum atomic E-state index is -3.32. The highest BCUT2D eigenvalue weighted by molar-refractivity contribution is 7.87. The van der Waals surface area contributed by atoms with Gasteiger partial charge in [0, 0.05) is 25.7 Å². The Morgan fingerprint density at radius 1 is 1.26 bits per heavy atom. The molecule has 1 aliphatic heterocycles. The Labute approximate surface area is 117 Å². The van der Waals surface area contributed by atoms with E-state index >= 15 is 0 Å². The van der Waals surface area contributed by atoms with E-state index in [2.05, 4.69) is 10.0 Å². The van der Waals surface area contributed by atoms with Crippen LogP contribution in [-0.4, -0.2) is 44.9 Å². The van der Waals surface area contributed by atoms with Gasteiger partial charge in [-0.15, -0.1) is 0 Å². The third-order valence-corrected chi connectivity index (χ3v) is 5.27. The molecule has 0 spiro atoms. The van der Waals surface area contributed by atoms with Crippen molar-refractivity contribution in [3.8, 4) is 0 Å².